The molecule has 0 aliphatic carbocycles. The zero-order valence-electron chi connectivity index (χ0n) is 18.3. The molecule has 0 aliphatic heterocycles. The smallest absolute Gasteiger partial charge is 0.321 e. The zero-order valence-corrected chi connectivity index (χ0v) is 18.3. The van der Waals surface area contributed by atoms with Gasteiger partial charge in [0.05, 0.1) is 11.9 Å². The number of carbonyl (C=O) groups is 1. The number of fused-ring (bicyclic) bond motifs is 2. The number of aryl methyl sites for hydroxylation is 2. The van der Waals surface area contributed by atoms with Crippen LogP contribution in [-0.2, 0) is 6.18 Å². The average Bonchev–Trinajstić information content (AvgIpc) is 3.24. The summed E-state index contributed by atoms with van der Waals surface area (Å²) in [7, 11) is 0. The number of carbonyl (C=O) groups excluding carboxylic acids is 1. The van der Waals surface area contributed by atoms with Crippen LogP contribution in [0.4, 0.5) is 18.9 Å². The third-order valence-electron chi connectivity index (χ3n) is 5.79. The number of hydrogen-bond acceptors (Lipinski definition) is 3. The molecule has 1 N–H and O–H groups in total. The van der Waals surface area contributed by atoms with E-state index < -0.39 is 17.8 Å². The number of nitrogens with one attached hydrogen (secondary N) is 1. The van der Waals surface area contributed by atoms with Crippen molar-refractivity contribution in [1.82, 2.24) is 14.6 Å². The molecular weight excluding hydrogens is 441 g/mol. The van der Waals surface area contributed by atoms with E-state index in [1.165, 1.54) is 0 Å². The van der Waals surface area contributed by atoms with Crippen LogP contribution in [0.25, 0.3) is 27.7 Å². The monoisotopic (exact) mass is 460 g/mol. The van der Waals surface area contributed by atoms with Crippen molar-refractivity contribution in [2.24, 2.45) is 0 Å². The van der Waals surface area contributed by atoms with Crippen molar-refractivity contribution in [2.45, 2.75) is 20.0 Å². The first-order valence-corrected chi connectivity index (χ1v) is 10.6. The molecule has 0 atom stereocenters. The van der Waals surface area contributed by atoms with Crippen LogP contribution in [0.5, 0.6) is 0 Å². The first kappa shape index (κ1) is 21.6. The van der Waals surface area contributed by atoms with Gasteiger partial charge in [0.2, 0.25) is 0 Å². The molecule has 170 valence electrons. The van der Waals surface area contributed by atoms with Crippen LogP contribution in [0.15, 0.2) is 72.9 Å². The number of benzene rings is 3. The van der Waals surface area contributed by atoms with Crippen LogP contribution in [0.2, 0.25) is 0 Å². The molecule has 0 unspecified atom stereocenters. The molecule has 34 heavy (non-hydrogen) atoms. The van der Waals surface area contributed by atoms with Crippen LogP contribution in [0.3, 0.4) is 0 Å². The van der Waals surface area contributed by atoms with Crippen molar-refractivity contribution in [2.75, 3.05) is 5.32 Å². The average molecular weight is 460 g/mol. The zero-order chi connectivity index (χ0) is 24.0. The lowest BCUT2D eigenvalue weighted by atomic mass is 10.0. The number of rotatable bonds is 3. The number of aromatic nitrogens is 3. The van der Waals surface area contributed by atoms with E-state index >= 15 is 0 Å². The van der Waals surface area contributed by atoms with E-state index in [0.29, 0.717) is 15.8 Å². The first-order valence-electron chi connectivity index (χ1n) is 10.6. The topological polar surface area (TPSA) is 59.3 Å². The molecule has 1 amide bonds. The summed E-state index contributed by atoms with van der Waals surface area (Å²) in [6.07, 6.45) is -3.58. The van der Waals surface area contributed by atoms with E-state index in [4.69, 9.17) is 0 Å². The Kier molecular flexibility index (Phi) is 5.08. The molecular formula is C26H19F3N4O. The van der Waals surface area contributed by atoms with Crippen molar-refractivity contribution in [3.05, 3.63) is 95.3 Å². The van der Waals surface area contributed by atoms with E-state index in [1.54, 1.807) is 12.1 Å². The van der Waals surface area contributed by atoms with Crippen molar-refractivity contribution >= 4 is 28.0 Å². The summed E-state index contributed by atoms with van der Waals surface area (Å²) in [4.78, 5) is 17.6. The second-order valence-electron chi connectivity index (χ2n) is 8.07. The first-order chi connectivity index (χ1) is 16.2. The molecule has 8 heteroatoms. The van der Waals surface area contributed by atoms with Gasteiger partial charge in [-0.1, -0.05) is 60.7 Å². The van der Waals surface area contributed by atoms with E-state index in [-0.39, 0.29) is 16.9 Å². The largest absolute Gasteiger partial charge is 0.433 e. The minimum Gasteiger partial charge on any atom is -0.321 e. The lowest BCUT2D eigenvalue weighted by Gasteiger charge is -2.13. The van der Waals surface area contributed by atoms with E-state index in [9.17, 15) is 18.0 Å². The normalized spacial score (nSPS) is 11.8. The highest BCUT2D eigenvalue weighted by Crippen LogP contribution is 2.35. The van der Waals surface area contributed by atoms with Crippen molar-refractivity contribution in [3.63, 3.8) is 0 Å². The maximum atomic E-state index is 14.0. The predicted octanol–water partition coefficient (Wildman–Crippen LogP) is 6.44. The maximum Gasteiger partial charge on any atom is 0.433 e. The lowest BCUT2D eigenvalue weighted by Crippen LogP contribution is -2.16. The Balaban J connectivity index is 1.71. The Labute approximate surface area is 192 Å². The fourth-order valence-electron chi connectivity index (χ4n) is 4.10. The van der Waals surface area contributed by atoms with Crippen LogP contribution in [-0.4, -0.2) is 20.5 Å². The molecule has 5 aromatic rings. The molecule has 0 saturated heterocycles. The summed E-state index contributed by atoms with van der Waals surface area (Å²) in [5, 5.41) is 8.30. The number of anilines is 1. The highest BCUT2D eigenvalue weighted by atomic mass is 19.4. The van der Waals surface area contributed by atoms with Gasteiger partial charge in [0.15, 0.2) is 11.3 Å². The number of amides is 1. The van der Waals surface area contributed by atoms with Gasteiger partial charge < -0.3 is 5.32 Å². The van der Waals surface area contributed by atoms with E-state index in [0.717, 1.165) is 34.2 Å². The summed E-state index contributed by atoms with van der Waals surface area (Å²) >= 11 is 0. The summed E-state index contributed by atoms with van der Waals surface area (Å²) in [5.74, 6) is -0.580. The lowest BCUT2D eigenvalue weighted by molar-refractivity contribution is -0.142. The van der Waals surface area contributed by atoms with Gasteiger partial charge in [-0.15, -0.1) is 0 Å². The van der Waals surface area contributed by atoms with Gasteiger partial charge >= 0.3 is 6.18 Å². The number of nitrogens with zero attached hydrogens (tertiary/aromatic N) is 3. The van der Waals surface area contributed by atoms with Gasteiger partial charge in [0.25, 0.3) is 5.91 Å². The molecule has 3 aromatic carbocycles. The SMILES string of the molecule is Cc1cccc(C)c1NC(=O)c1cnn2c(C(F)(F)F)cc(-c3cccc4ccccc34)nc12. The third-order valence-corrected chi connectivity index (χ3v) is 5.79. The van der Waals surface area contributed by atoms with Crippen molar-refractivity contribution in [3.8, 4) is 11.3 Å². The Morgan fingerprint density at radius 2 is 1.62 bits per heavy atom. The Hall–Kier alpha value is -4.20. The second-order valence-corrected chi connectivity index (χ2v) is 8.07. The molecule has 5 nitrogen and oxygen atoms in total. The van der Waals surface area contributed by atoms with Crippen molar-refractivity contribution < 1.29 is 18.0 Å². The van der Waals surface area contributed by atoms with Crippen LogP contribution >= 0.6 is 0 Å². The summed E-state index contributed by atoms with van der Waals surface area (Å²) in [6.45, 7) is 3.69. The molecule has 2 aromatic heterocycles. The summed E-state index contributed by atoms with van der Waals surface area (Å²) in [6, 6.07) is 19.3. The standard InChI is InChI=1S/C26H19F3N4O/c1-15-7-5-8-16(2)23(15)32-25(34)20-14-30-33-22(26(27,28)29)13-21(31-24(20)33)19-12-6-10-17-9-3-4-11-18(17)19/h3-14H,1-2H3,(H,32,34). The molecule has 0 spiro atoms. The maximum absolute atomic E-state index is 14.0. The fourth-order valence-corrected chi connectivity index (χ4v) is 4.10. The van der Waals surface area contributed by atoms with Crippen LogP contribution in [0, 0.1) is 13.8 Å². The summed E-state index contributed by atoms with van der Waals surface area (Å²) in [5.41, 5.74) is 1.71. The third kappa shape index (κ3) is 3.67. The quantitative estimate of drug-likeness (QED) is 0.337. The summed E-state index contributed by atoms with van der Waals surface area (Å²) < 4.78 is 42.7. The van der Waals surface area contributed by atoms with Crippen LogP contribution < -0.4 is 5.32 Å². The minimum atomic E-state index is -4.70. The molecule has 0 aliphatic rings. The van der Waals surface area contributed by atoms with E-state index in [2.05, 4.69) is 15.4 Å². The van der Waals surface area contributed by atoms with Gasteiger partial charge in [-0.25, -0.2) is 9.50 Å². The Morgan fingerprint density at radius 1 is 0.941 bits per heavy atom. The van der Waals surface area contributed by atoms with Gasteiger partial charge in [0, 0.05) is 11.3 Å². The molecule has 2 heterocycles. The van der Waals surface area contributed by atoms with Crippen molar-refractivity contribution in [1.29, 1.82) is 0 Å². The molecule has 0 fully saturated rings. The number of para-hydroxylation sites is 1. The van der Waals surface area contributed by atoms with Crippen LogP contribution in [0.1, 0.15) is 27.2 Å². The number of alkyl halides is 3. The predicted molar refractivity (Wildman–Crippen MR) is 125 cm³/mol. The molecule has 0 saturated carbocycles. The Morgan fingerprint density at radius 3 is 2.35 bits per heavy atom. The van der Waals surface area contributed by atoms with Gasteiger partial charge in [0.1, 0.15) is 5.56 Å². The number of hydrogen-bond donors (Lipinski definition) is 1. The highest BCUT2D eigenvalue weighted by molar-refractivity contribution is 6.09. The molecule has 0 bridgehead atoms. The minimum absolute atomic E-state index is 0.0461. The van der Waals surface area contributed by atoms with E-state index in [1.807, 2.05) is 62.4 Å². The number of halogens is 3. The van der Waals surface area contributed by atoms with Gasteiger partial charge in [-0.05, 0) is 41.8 Å². The highest BCUT2D eigenvalue weighted by Gasteiger charge is 2.36. The fraction of sp³-hybridized carbons (Fsp3) is 0.115. The Bertz CT molecular complexity index is 1540. The second kappa shape index (κ2) is 7.98. The van der Waals surface area contributed by atoms with Gasteiger partial charge in [-0.3, -0.25) is 4.79 Å². The molecule has 0 radical (unpaired) electrons. The molecule has 5 rings (SSSR count). The van der Waals surface area contributed by atoms with Gasteiger partial charge in [-0.2, -0.15) is 18.3 Å².